The van der Waals surface area contributed by atoms with Crippen LogP contribution in [0.2, 0.25) is 0 Å². The molecule has 0 radical (unpaired) electrons. The quantitative estimate of drug-likeness (QED) is 0.533. The Hall–Kier alpha value is -2.54. The first-order chi connectivity index (χ1) is 11.7. The van der Waals surface area contributed by atoms with Gasteiger partial charge in [0, 0.05) is 5.69 Å². The summed E-state index contributed by atoms with van der Waals surface area (Å²) in [5.41, 5.74) is 13.5. The van der Waals surface area contributed by atoms with Crippen LogP contribution in [0.15, 0.2) is 66.8 Å². The summed E-state index contributed by atoms with van der Waals surface area (Å²) in [5, 5.41) is 0. The molecule has 0 aliphatic heterocycles. The van der Waals surface area contributed by atoms with E-state index in [0.717, 1.165) is 18.5 Å². The molecule has 1 unspecified atom stereocenters. The molecule has 0 saturated carbocycles. The monoisotopic (exact) mass is 315 g/mol. The first-order valence-electron chi connectivity index (χ1n) is 8.67. The van der Waals surface area contributed by atoms with Gasteiger partial charge < -0.3 is 5.73 Å². The Labute approximate surface area is 145 Å². The van der Waals surface area contributed by atoms with Crippen molar-refractivity contribution in [3.63, 3.8) is 0 Å². The zero-order valence-electron chi connectivity index (χ0n) is 14.5. The molecule has 1 nitrogen and oxygen atoms in total. The number of nitrogen functional groups attached to an aromatic ring is 1. The largest absolute Gasteiger partial charge is 0.399 e. The first-order valence-corrected chi connectivity index (χ1v) is 8.67. The van der Waals surface area contributed by atoms with Crippen molar-refractivity contribution in [3.8, 4) is 11.1 Å². The lowest BCUT2D eigenvalue weighted by Gasteiger charge is -2.15. The third-order valence-corrected chi connectivity index (χ3v) is 4.56. The van der Waals surface area contributed by atoms with Gasteiger partial charge in [0.25, 0.3) is 0 Å². The molecule has 2 aromatic rings. The van der Waals surface area contributed by atoms with Crippen LogP contribution in [0.3, 0.4) is 0 Å². The molecule has 0 spiro atoms. The van der Waals surface area contributed by atoms with Gasteiger partial charge in [-0.3, -0.25) is 0 Å². The van der Waals surface area contributed by atoms with Crippen molar-refractivity contribution in [3.05, 3.63) is 83.5 Å². The molecule has 2 aromatic carbocycles. The molecular weight excluding hydrogens is 290 g/mol. The SMILES string of the molecule is C/C=C\C=C/C(C)c1cc(N)cc(-c2ccc3c(c2)CCC=C3)c1. The Morgan fingerprint density at radius 1 is 1.04 bits per heavy atom. The smallest absolute Gasteiger partial charge is 0.0323 e. The molecule has 0 aromatic heterocycles. The summed E-state index contributed by atoms with van der Waals surface area (Å²) in [4.78, 5) is 0. The molecule has 0 heterocycles. The summed E-state index contributed by atoms with van der Waals surface area (Å²) < 4.78 is 0. The van der Waals surface area contributed by atoms with Gasteiger partial charge in [-0.2, -0.15) is 0 Å². The Kier molecular flexibility index (Phi) is 5.00. The number of allylic oxidation sites excluding steroid dienone is 5. The lowest BCUT2D eigenvalue weighted by atomic mass is 9.91. The fourth-order valence-electron chi connectivity index (χ4n) is 3.17. The van der Waals surface area contributed by atoms with E-state index in [1.807, 2.05) is 13.0 Å². The molecule has 1 atom stereocenters. The third kappa shape index (κ3) is 3.68. The van der Waals surface area contributed by atoms with E-state index in [2.05, 4.69) is 73.7 Å². The van der Waals surface area contributed by atoms with Crippen molar-refractivity contribution < 1.29 is 0 Å². The number of aryl methyl sites for hydroxylation is 1. The van der Waals surface area contributed by atoms with Gasteiger partial charge in [-0.15, -0.1) is 0 Å². The maximum Gasteiger partial charge on any atom is 0.0323 e. The lowest BCUT2D eigenvalue weighted by molar-refractivity contribution is 0.968. The van der Waals surface area contributed by atoms with E-state index < -0.39 is 0 Å². The normalized spacial score (nSPS) is 15.1. The summed E-state index contributed by atoms with van der Waals surface area (Å²) in [7, 11) is 0. The first kappa shape index (κ1) is 16.3. The highest BCUT2D eigenvalue weighted by molar-refractivity contribution is 5.72. The maximum absolute atomic E-state index is 6.18. The fraction of sp³-hybridized carbons (Fsp3) is 0.217. The topological polar surface area (TPSA) is 26.0 Å². The van der Waals surface area contributed by atoms with E-state index in [1.54, 1.807) is 0 Å². The number of benzene rings is 2. The van der Waals surface area contributed by atoms with Gasteiger partial charge in [0.1, 0.15) is 0 Å². The minimum atomic E-state index is 0.337. The van der Waals surface area contributed by atoms with Crippen molar-refractivity contribution in [1.29, 1.82) is 0 Å². The van der Waals surface area contributed by atoms with Crippen LogP contribution >= 0.6 is 0 Å². The second-order valence-electron chi connectivity index (χ2n) is 6.44. The highest BCUT2D eigenvalue weighted by Gasteiger charge is 2.09. The molecule has 0 saturated heterocycles. The van der Waals surface area contributed by atoms with E-state index in [-0.39, 0.29) is 0 Å². The van der Waals surface area contributed by atoms with Crippen molar-refractivity contribution in [1.82, 2.24) is 0 Å². The molecule has 3 rings (SSSR count). The molecule has 122 valence electrons. The van der Waals surface area contributed by atoms with E-state index in [1.165, 1.54) is 27.8 Å². The average Bonchev–Trinajstić information content (AvgIpc) is 2.61. The fourth-order valence-corrected chi connectivity index (χ4v) is 3.17. The molecule has 0 amide bonds. The van der Waals surface area contributed by atoms with Gasteiger partial charge in [-0.25, -0.2) is 0 Å². The number of hydrogen-bond acceptors (Lipinski definition) is 1. The molecule has 0 fully saturated rings. The van der Waals surface area contributed by atoms with Crippen molar-refractivity contribution in [2.45, 2.75) is 32.6 Å². The van der Waals surface area contributed by atoms with Crippen molar-refractivity contribution >= 4 is 11.8 Å². The van der Waals surface area contributed by atoms with Gasteiger partial charge >= 0.3 is 0 Å². The number of anilines is 1. The van der Waals surface area contributed by atoms with Crippen LogP contribution in [0.4, 0.5) is 5.69 Å². The molecular formula is C23H25N. The molecule has 1 heteroatoms. The van der Waals surface area contributed by atoms with Crippen LogP contribution in [0, 0.1) is 0 Å². The van der Waals surface area contributed by atoms with Gasteiger partial charge in [-0.1, -0.05) is 67.6 Å². The van der Waals surface area contributed by atoms with Crippen LogP contribution in [0.1, 0.15) is 42.9 Å². The predicted octanol–water partition coefficient (Wildman–Crippen LogP) is 6.13. The maximum atomic E-state index is 6.18. The van der Waals surface area contributed by atoms with Crippen LogP contribution in [-0.2, 0) is 6.42 Å². The van der Waals surface area contributed by atoms with E-state index in [9.17, 15) is 0 Å². The summed E-state index contributed by atoms with van der Waals surface area (Å²) >= 11 is 0. The van der Waals surface area contributed by atoms with Crippen LogP contribution in [0.5, 0.6) is 0 Å². The Balaban J connectivity index is 1.95. The van der Waals surface area contributed by atoms with Gasteiger partial charge in [0.05, 0.1) is 0 Å². The highest BCUT2D eigenvalue weighted by Crippen LogP contribution is 2.30. The number of hydrogen-bond donors (Lipinski definition) is 1. The molecule has 2 N–H and O–H groups in total. The number of nitrogens with two attached hydrogens (primary N) is 1. The molecule has 1 aliphatic rings. The summed E-state index contributed by atoms with van der Waals surface area (Å²) in [5.74, 6) is 0.337. The van der Waals surface area contributed by atoms with Gasteiger partial charge in [0.15, 0.2) is 0 Å². The third-order valence-electron chi connectivity index (χ3n) is 4.56. The molecule has 24 heavy (non-hydrogen) atoms. The van der Waals surface area contributed by atoms with Crippen LogP contribution in [-0.4, -0.2) is 0 Å². The van der Waals surface area contributed by atoms with Crippen molar-refractivity contribution in [2.24, 2.45) is 0 Å². The van der Waals surface area contributed by atoms with E-state index in [0.29, 0.717) is 5.92 Å². The van der Waals surface area contributed by atoms with Crippen molar-refractivity contribution in [2.75, 3.05) is 5.73 Å². The minimum absolute atomic E-state index is 0.337. The average molecular weight is 315 g/mol. The Bertz CT molecular complexity index is 809. The summed E-state index contributed by atoms with van der Waals surface area (Å²) in [6.45, 7) is 4.23. The zero-order valence-corrected chi connectivity index (χ0v) is 14.5. The highest BCUT2D eigenvalue weighted by atomic mass is 14.5. The predicted molar refractivity (Wildman–Crippen MR) is 106 cm³/mol. The van der Waals surface area contributed by atoms with E-state index >= 15 is 0 Å². The summed E-state index contributed by atoms with van der Waals surface area (Å²) in [6.07, 6.45) is 15.1. The standard InChI is InChI=1S/C23H25N/c1-3-4-5-8-17(2)21-14-22(16-23(24)15-21)20-12-11-18-9-6-7-10-19(18)13-20/h3-6,8-9,11-17H,7,10,24H2,1-2H3/b4-3-,8-5-. The summed E-state index contributed by atoms with van der Waals surface area (Å²) in [6, 6.07) is 13.2. The molecule has 1 aliphatic carbocycles. The Morgan fingerprint density at radius 3 is 2.75 bits per heavy atom. The number of fused-ring (bicyclic) bond motifs is 1. The van der Waals surface area contributed by atoms with Crippen LogP contribution < -0.4 is 5.73 Å². The Morgan fingerprint density at radius 2 is 1.92 bits per heavy atom. The second kappa shape index (κ2) is 7.35. The van der Waals surface area contributed by atoms with Gasteiger partial charge in [-0.05, 0) is 65.6 Å². The van der Waals surface area contributed by atoms with E-state index in [4.69, 9.17) is 5.73 Å². The zero-order chi connectivity index (χ0) is 16.9. The number of rotatable bonds is 4. The lowest BCUT2D eigenvalue weighted by Crippen LogP contribution is -1.97. The molecule has 0 bridgehead atoms. The second-order valence-corrected chi connectivity index (χ2v) is 6.44. The van der Waals surface area contributed by atoms with Crippen LogP contribution in [0.25, 0.3) is 17.2 Å². The van der Waals surface area contributed by atoms with Gasteiger partial charge in [0.2, 0.25) is 0 Å². The minimum Gasteiger partial charge on any atom is -0.399 e.